The minimum Gasteiger partial charge on any atom is -0.387 e. The topological polar surface area (TPSA) is 447 Å². The zero-order valence-electron chi connectivity index (χ0n) is 18.1. The molecule has 2 unspecified atom stereocenters. The monoisotopic (exact) mass is 740 g/mol. The number of aliphatic hydroxyl groups excluding tert-OH is 1. The maximum atomic E-state index is 12.1. The van der Waals surface area contributed by atoms with E-state index in [0.717, 1.165) is 0 Å². The Morgan fingerprint density at radius 1 is 0.350 bits per heavy atom. The maximum Gasteiger partial charge on any atom is 0.481 e. The molecule has 1 aliphatic rings. The number of phosphoric ester groups is 5. The summed E-state index contributed by atoms with van der Waals surface area (Å²) >= 11 is 0. The van der Waals surface area contributed by atoms with Crippen molar-refractivity contribution in [3.8, 4) is 0 Å². The summed E-state index contributed by atoms with van der Waals surface area (Å²) < 4.78 is 108. The summed E-state index contributed by atoms with van der Waals surface area (Å²) in [5.41, 5.74) is 0. The van der Waals surface area contributed by atoms with E-state index in [1.54, 1.807) is 0 Å². The van der Waals surface area contributed by atoms with Crippen LogP contribution in [0.25, 0.3) is 0 Å². The SMILES string of the molecule is O=P(O)(O)O[C@@H]1[C@@H](OP(=O)(O)OP(=O)(O)O)[C@@H](OP(=O)(O)O)[C@@H](O)[C@H](OP(=O)(O)OP(=O)(O)O)[C@H]1OP(=O)(O)O. The molecule has 240 valence electrons. The summed E-state index contributed by atoms with van der Waals surface area (Å²) in [5, 5.41) is 10.5. The van der Waals surface area contributed by atoms with Gasteiger partial charge >= 0.3 is 54.8 Å². The molecule has 0 heterocycles. The highest BCUT2D eigenvalue weighted by atomic mass is 31.3. The van der Waals surface area contributed by atoms with Crippen molar-refractivity contribution in [3.05, 3.63) is 0 Å². The zero-order chi connectivity index (χ0) is 31.9. The highest BCUT2D eigenvalue weighted by Gasteiger charge is 2.61. The van der Waals surface area contributed by atoms with Crippen molar-refractivity contribution in [2.24, 2.45) is 0 Å². The Kier molecular flexibility index (Phi) is 12.7. The quantitative estimate of drug-likeness (QED) is 0.0788. The van der Waals surface area contributed by atoms with Crippen LogP contribution in [-0.4, -0.2) is 100 Å². The van der Waals surface area contributed by atoms with Crippen LogP contribution in [0.2, 0.25) is 0 Å². The van der Waals surface area contributed by atoms with Crippen LogP contribution in [0, 0.1) is 0 Å². The van der Waals surface area contributed by atoms with Crippen molar-refractivity contribution in [2.45, 2.75) is 36.6 Å². The molecule has 1 fully saturated rings. The summed E-state index contributed by atoms with van der Waals surface area (Å²) in [6.45, 7) is 0. The summed E-state index contributed by atoms with van der Waals surface area (Å²) in [5.74, 6) is 0. The molecule has 0 aromatic heterocycles. The molecule has 13 N–H and O–H groups in total. The molecule has 1 rings (SSSR count). The maximum absolute atomic E-state index is 12.1. The van der Waals surface area contributed by atoms with Gasteiger partial charge in [-0.05, 0) is 0 Å². The smallest absolute Gasteiger partial charge is 0.387 e. The average Bonchev–Trinajstić information content (AvgIpc) is 2.57. The van der Waals surface area contributed by atoms with E-state index in [4.69, 9.17) is 29.4 Å². The lowest BCUT2D eigenvalue weighted by atomic mass is 9.85. The Bertz CT molecular complexity index is 1230. The molecule has 0 aliphatic heterocycles. The van der Waals surface area contributed by atoms with Crippen LogP contribution in [0.15, 0.2) is 0 Å². The second-order valence-corrected chi connectivity index (χ2v) is 16.0. The van der Waals surface area contributed by atoms with Crippen LogP contribution >= 0.6 is 54.8 Å². The molecule has 40 heavy (non-hydrogen) atoms. The first-order chi connectivity index (χ1) is 17.3. The lowest BCUT2D eigenvalue weighted by Gasteiger charge is -2.47. The molecule has 1 saturated carbocycles. The fourth-order valence-electron chi connectivity index (χ4n) is 2.83. The minimum atomic E-state index is -6.34. The van der Waals surface area contributed by atoms with Crippen LogP contribution in [0.1, 0.15) is 0 Å². The van der Waals surface area contributed by atoms with Gasteiger partial charge in [-0.15, -0.1) is 0 Å². The van der Waals surface area contributed by atoms with E-state index in [0.29, 0.717) is 0 Å². The Hall–Kier alpha value is 0.810. The van der Waals surface area contributed by atoms with Gasteiger partial charge in [0.2, 0.25) is 0 Å². The predicted molar refractivity (Wildman–Crippen MR) is 112 cm³/mol. The molecule has 0 amide bonds. The van der Waals surface area contributed by atoms with Crippen molar-refractivity contribution in [2.75, 3.05) is 0 Å². The predicted octanol–water partition coefficient (Wildman–Crippen LogP) is -3.02. The molecule has 0 bridgehead atoms. The first-order valence-electron chi connectivity index (χ1n) is 8.76. The zero-order valence-corrected chi connectivity index (χ0v) is 24.4. The number of aliphatic hydroxyl groups is 1. The minimum absolute atomic E-state index is 3.20. The Labute approximate surface area is 219 Å². The van der Waals surface area contributed by atoms with Crippen LogP contribution in [-0.2, 0) is 63.2 Å². The van der Waals surface area contributed by atoms with Crippen molar-refractivity contribution in [3.63, 3.8) is 0 Å². The molecule has 0 spiro atoms. The molecule has 0 aromatic rings. The Balaban J connectivity index is 3.93. The van der Waals surface area contributed by atoms with Crippen LogP contribution in [0.3, 0.4) is 0 Å². The van der Waals surface area contributed by atoms with E-state index >= 15 is 0 Å². The molecule has 8 atom stereocenters. The fourth-order valence-corrected chi connectivity index (χ4v) is 8.07. The number of hydrogen-bond donors (Lipinski definition) is 13. The van der Waals surface area contributed by atoms with Crippen molar-refractivity contribution in [1.29, 1.82) is 0 Å². The third-order valence-corrected chi connectivity index (χ3v) is 9.60. The molecule has 0 saturated heterocycles. The molecule has 27 nitrogen and oxygen atoms in total. The van der Waals surface area contributed by atoms with E-state index in [9.17, 15) is 66.4 Å². The largest absolute Gasteiger partial charge is 0.481 e. The number of hydrogen-bond acceptors (Lipinski definition) is 15. The van der Waals surface area contributed by atoms with Gasteiger partial charge in [-0.25, -0.2) is 32.0 Å². The lowest BCUT2D eigenvalue weighted by molar-refractivity contribution is -0.205. The summed E-state index contributed by atoms with van der Waals surface area (Å²) in [7, 11) is -43.0. The lowest BCUT2D eigenvalue weighted by Crippen LogP contribution is -2.66. The van der Waals surface area contributed by atoms with Gasteiger partial charge in [0, 0.05) is 0 Å². The first-order valence-corrected chi connectivity index (χ1v) is 19.4. The second kappa shape index (κ2) is 13.0. The second-order valence-electron chi connectivity index (χ2n) is 6.89. The van der Waals surface area contributed by atoms with Crippen molar-refractivity contribution >= 4 is 54.8 Å². The van der Waals surface area contributed by atoms with E-state index < -0.39 is 91.4 Å². The van der Waals surface area contributed by atoms with Crippen LogP contribution in [0.5, 0.6) is 0 Å². The Morgan fingerprint density at radius 2 is 0.575 bits per heavy atom. The normalized spacial score (nSPS) is 30.4. The van der Waals surface area contributed by atoms with Gasteiger partial charge in [0.25, 0.3) is 0 Å². The van der Waals surface area contributed by atoms with Crippen LogP contribution in [0.4, 0.5) is 0 Å². The molecular formula is C6H19O27P7. The summed E-state index contributed by atoms with van der Waals surface area (Å²) in [4.78, 5) is 109. The molecule has 0 radical (unpaired) electrons. The third kappa shape index (κ3) is 14.5. The van der Waals surface area contributed by atoms with Gasteiger partial charge in [-0.1, -0.05) is 0 Å². The molecule has 1 aliphatic carbocycles. The standard InChI is InChI=1S/C6H19O27P7/c7-1-2(27-34(8,9)10)5(31-40(25,26)33-38(20,21)22)6(29-36(14,15)16)4(28-35(11,12)13)3(1)30-39(23,24)32-37(17,18)19/h1-7H,(H,23,24)(H,25,26)(H2,8,9,10)(H2,11,12,13)(H2,14,15,16)(H2,17,18,19)(H2,20,21,22)/t1-,2+,3+,4-,5+,6+/m1/s1. The van der Waals surface area contributed by atoms with Gasteiger partial charge < -0.3 is 63.8 Å². The molecular weight excluding hydrogens is 721 g/mol. The summed E-state index contributed by atoms with van der Waals surface area (Å²) in [6, 6.07) is 0. The van der Waals surface area contributed by atoms with Gasteiger partial charge in [-0.2, -0.15) is 8.62 Å². The van der Waals surface area contributed by atoms with Crippen molar-refractivity contribution in [1.82, 2.24) is 0 Å². The van der Waals surface area contributed by atoms with Crippen molar-refractivity contribution < 1.29 is 127 Å². The fraction of sp³-hybridized carbons (Fsp3) is 1.00. The van der Waals surface area contributed by atoms with E-state index in [2.05, 4.69) is 31.2 Å². The third-order valence-electron chi connectivity index (χ3n) is 3.67. The van der Waals surface area contributed by atoms with E-state index in [1.165, 1.54) is 0 Å². The van der Waals surface area contributed by atoms with Gasteiger partial charge in [0.15, 0.2) is 0 Å². The average molecular weight is 740 g/mol. The highest BCUT2D eigenvalue weighted by Crippen LogP contribution is 2.63. The molecule has 34 heteroatoms. The Morgan fingerprint density at radius 3 is 0.875 bits per heavy atom. The van der Waals surface area contributed by atoms with E-state index in [-0.39, 0.29) is 0 Å². The first kappa shape index (κ1) is 38.8. The van der Waals surface area contributed by atoms with Gasteiger partial charge in [0.1, 0.15) is 36.6 Å². The van der Waals surface area contributed by atoms with Gasteiger partial charge in [0.05, 0.1) is 0 Å². The number of phosphoric acid groups is 7. The summed E-state index contributed by atoms with van der Waals surface area (Å²) in [6.07, 6.45) is -19.5. The molecule has 0 aromatic carbocycles. The van der Waals surface area contributed by atoms with Crippen LogP contribution < -0.4 is 0 Å². The van der Waals surface area contributed by atoms with Gasteiger partial charge in [-0.3, -0.25) is 22.6 Å². The number of rotatable bonds is 14. The highest BCUT2D eigenvalue weighted by molar-refractivity contribution is 7.61. The van der Waals surface area contributed by atoms with E-state index in [1.807, 2.05) is 0 Å².